The Morgan fingerprint density at radius 1 is 1.14 bits per heavy atom. The Morgan fingerprint density at radius 3 is 2.69 bits per heavy atom. The van der Waals surface area contributed by atoms with Crippen molar-refractivity contribution in [2.75, 3.05) is 5.32 Å². The van der Waals surface area contributed by atoms with Gasteiger partial charge in [0, 0.05) is 18.8 Å². The van der Waals surface area contributed by atoms with Gasteiger partial charge in [0.15, 0.2) is 0 Å². The van der Waals surface area contributed by atoms with Gasteiger partial charge in [0.05, 0.1) is 6.54 Å². The van der Waals surface area contributed by atoms with Crippen LogP contribution >= 0.6 is 0 Å². The first-order valence-electron chi connectivity index (χ1n) is 9.31. The molecule has 1 aliphatic heterocycles. The van der Waals surface area contributed by atoms with E-state index in [0.717, 1.165) is 27.8 Å². The molecule has 0 spiro atoms. The Bertz CT molecular complexity index is 1200. The molecule has 148 valence electrons. The van der Waals surface area contributed by atoms with Crippen LogP contribution in [-0.4, -0.2) is 14.1 Å². The molecule has 0 fully saturated rings. The van der Waals surface area contributed by atoms with Crippen LogP contribution in [0.3, 0.4) is 0 Å². The van der Waals surface area contributed by atoms with Crippen LogP contribution in [0.2, 0.25) is 0 Å². The summed E-state index contributed by atoms with van der Waals surface area (Å²) < 4.78 is 15.7. The second-order valence-electron chi connectivity index (χ2n) is 6.71. The number of anilines is 2. The molecular formula is C21H20FN5O2. The van der Waals surface area contributed by atoms with Gasteiger partial charge in [-0.05, 0) is 60.2 Å². The predicted octanol–water partition coefficient (Wildman–Crippen LogP) is 2.43. The molecule has 1 aliphatic rings. The van der Waals surface area contributed by atoms with Gasteiger partial charge in [-0.1, -0.05) is 18.2 Å². The van der Waals surface area contributed by atoms with Crippen molar-refractivity contribution < 1.29 is 4.39 Å². The molecule has 1 aromatic heterocycles. The Hall–Kier alpha value is -3.68. The minimum Gasteiger partial charge on any atom is -0.387 e. The van der Waals surface area contributed by atoms with Gasteiger partial charge in [-0.15, -0.1) is 0 Å². The Balaban J connectivity index is 1.76. The molecule has 0 radical (unpaired) electrons. The second kappa shape index (κ2) is 7.75. The fourth-order valence-corrected chi connectivity index (χ4v) is 3.25. The fourth-order valence-electron chi connectivity index (χ4n) is 3.25. The van der Waals surface area contributed by atoms with Gasteiger partial charge < -0.3 is 10.6 Å². The van der Waals surface area contributed by atoms with E-state index in [4.69, 9.17) is 0 Å². The van der Waals surface area contributed by atoms with E-state index < -0.39 is 11.4 Å². The number of rotatable bonds is 5. The third kappa shape index (κ3) is 3.82. The highest BCUT2D eigenvalue weighted by Crippen LogP contribution is 2.22. The summed E-state index contributed by atoms with van der Waals surface area (Å²) in [6.07, 6.45) is 3.83. The largest absolute Gasteiger partial charge is 0.387 e. The summed E-state index contributed by atoms with van der Waals surface area (Å²) in [6.45, 7) is 2.82. The van der Waals surface area contributed by atoms with Gasteiger partial charge >= 0.3 is 11.4 Å². The van der Waals surface area contributed by atoms with Crippen molar-refractivity contribution in [2.45, 2.75) is 26.6 Å². The first-order valence-corrected chi connectivity index (χ1v) is 9.31. The van der Waals surface area contributed by atoms with E-state index in [-0.39, 0.29) is 24.9 Å². The summed E-state index contributed by atoms with van der Waals surface area (Å²) in [4.78, 5) is 29.3. The standard InChI is InChI=1S/C21H20FN5O2/c1-2-26-20(28)25-19(24-18-8-5-16-12-23-10-9-15(16)11-18)27(21(26)29)13-14-3-6-17(22)7-4-14/h3-11,23H,2,12-13H2,1H3,(H,24,25,28). The van der Waals surface area contributed by atoms with Crippen molar-refractivity contribution >= 4 is 17.7 Å². The maximum absolute atomic E-state index is 13.2. The number of hydrogen-bond acceptors (Lipinski definition) is 5. The van der Waals surface area contributed by atoms with Crippen LogP contribution < -0.4 is 22.0 Å². The lowest BCUT2D eigenvalue weighted by Gasteiger charge is -2.17. The van der Waals surface area contributed by atoms with Crippen LogP contribution in [-0.2, 0) is 19.6 Å². The van der Waals surface area contributed by atoms with E-state index in [9.17, 15) is 14.0 Å². The molecule has 7 nitrogen and oxygen atoms in total. The summed E-state index contributed by atoms with van der Waals surface area (Å²) in [5.41, 5.74) is 2.54. The third-order valence-electron chi connectivity index (χ3n) is 4.80. The summed E-state index contributed by atoms with van der Waals surface area (Å²) in [5, 5.41) is 6.25. The van der Waals surface area contributed by atoms with E-state index >= 15 is 0 Å². The Labute approximate surface area is 166 Å². The number of nitrogens with zero attached hydrogens (tertiary/aromatic N) is 3. The van der Waals surface area contributed by atoms with Gasteiger partial charge in [-0.2, -0.15) is 4.98 Å². The average molecular weight is 393 g/mol. The predicted molar refractivity (Wildman–Crippen MR) is 110 cm³/mol. The van der Waals surface area contributed by atoms with Crippen molar-refractivity contribution in [3.8, 4) is 0 Å². The molecule has 0 saturated carbocycles. The van der Waals surface area contributed by atoms with Gasteiger partial charge in [-0.25, -0.2) is 18.5 Å². The van der Waals surface area contributed by atoms with E-state index in [0.29, 0.717) is 5.69 Å². The van der Waals surface area contributed by atoms with Gasteiger partial charge in [0.2, 0.25) is 5.95 Å². The molecule has 2 N–H and O–H groups in total. The highest BCUT2D eigenvalue weighted by Gasteiger charge is 2.14. The summed E-state index contributed by atoms with van der Waals surface area (Å²) >= 11 is 0. The summed E-state index contributed by atoms with van der Waals surface area (Å²) in [5.74, 6) is -0.209. The van der Waals surface area contributed by atoms with Crippen molar-refractivity contribution in [1.29, 1.82) is 0 Å². The van der Waals surface area contributed by atoms with Crippen LogP contribution in [0.4, 0.5) is 16.0 Å². The zero-order valence-corrected chi connectivity index (χ0v) is 15.9. The third-order valence-corrected chi connectivity index (χ3v) is 4.80. The average Bonchev–Trinajstić information content (AvgIpc) is 2.72. The lowest BCUT2D eigenvalue weighted by atomic mass is 10.0. The van der Waals surface area contributed by atoms with Crippen LogP contribution in [0.5, 0.6) is 0 Å². The van der Waals surface area contributed by atoms with E-state index in [1.54, 1.807) is 19.1 Å². The quantitative estimate of drug-likeness (QED) is 0.696. The lowest BCUT2D eigenvalue weighted by molar-refractivity contribution is 0.575. The van der Waals surface area contributed by atoms with Crippen LogP contribution in [0.1, 0.15) is 23.6 Å². The molecule has 0 amide bonds. The monoisotopic (exact) mass is 393 g/mol. The molecule has 0 saturated heterocycles. The Kier molecular flexibility index (Phi) is 4.99. The van der Waals surface area contributed by atoms with Gasteiger partial charge in [-0.3, -0.25) is 4.57 Å². The molecule has 2 heterocycles. The highest BCUT2D eigenvalue weighted by molar-refractivity contribution is 5.64. The first kappa shape index (κ1) is 18.7. The van der Waals surface area contributed by atoms with E-state index in [1.807, 2.05) is 30.5 Å². The summed E-state index contributed by atoms with van der Waals surface area (Å²) in [6, 6.07) is 11.7. The molecule has 4 rings (SSSR count). The molecule has 3 aromatic rings. The number of halogens is 1. The highest BCUT2D eigenvalue weighted by atomic mass is 19.1. The SMILES string of the molecule is CCn1c(=O)nc(Nc2ccc3c(c2)C=CNC3)n(Cc2ccc(F)cc2)c1=O. The van der Waals surface area contributed by atoms with Crippen molar-refractivity contribution in [3.05, 3.63) is 92.1 Å². The number of aromatic nitrogens is 3. The second-order valence-corrected chi connectivity index (χ2v) is 6.71. The normalized spacial score (nSPS) is 12.3. The molecule has 2 aromatic carbocycles. The molecule has 0 aliphatic carbocycles. The van der Waals surface area contributed by atoms with Crippen molar-refractivity contribution in [2.24, 2.45) is 0 Å². The molecular weight excluding hydrogens is 373 g/mol. The van der Waals surface area contributed by atoms with Crippen LogP contribution in [0.15, 0.2) is 58.3 Å². The lowest BCUT2D eigenvalue weighted by Crippen LogP contribution is -2.42. The first-order chi connectivity index (χ1) is 14.0. The minimum atomic E-state index is -0.614. The molecule has 0 atom stereocenters. The Morgan fingerprint density at radius 2 is 1.93 bits per heavy atom. The number of hydrogen-bond donors (Lipinski definition) is 2. The van der Waals surface area contributed by atoms with Crippen LogP contribution in [0, 0.1) is 5.82 Å². The zero-order valence-electron chi connectivity index (χ0n) is 15.9. The number of benzene rings is 2. The van der Waals surface area contributed by atoms with E-state index in [1.165, 1.54) is 16.7 Å². The molecule has 0 bridgehead atoms. The van der Waals surface area contributed by atoms with Crippen molar-refractivity contribution in [1.82, 2.24) is 19.4 Å². The number of fused-ring (bicyclic) bond motifs is 1. The molecule has 8 heteroatoms. The minimum absolute atomic E-state index is 0.145. The van der Waals surface area contributed by atoms with Crippen molar-refractivity contribution in [3.63, 3.8) is 0 Å². The number of nitrogens with one attached hydrogen (secondary N) is 2. The fraction of sp³-hybridized carbons (Fsp3) is 0.190. The van der Waals surface area contributed by atoms with E-state index in [2.05, 4.69) is 15.6 Å². The zero-order chi connectivity index (χ0) is 20.4. The maximum Gasteiger partial charge on any atom is 0.354 e. The maximum atomic E-state index is 13.2. The molecule has 0 unspecified atom stereocenters. The topological polar surface area (TPSA) is 81.0 Å². The smallest absolute Gasteiger partial charge is 0.354 e. The van der Waals surface area contributed by atoms with Crippen LogP contribution in [0.25, 0.3) is 6.08 Å². The van der Waals surface area contributed by atoms with Gasteiger partial charge in [0.25, 0.3) is 0 Å². The molecule has 29 heavy (non-hydrogen) atoms. The summed E-state index contributed by atoms with van der Waals surface area (Å²) in [7, 11) is 0. The van der Waals surface area contributed by atoms with Gasteiger partial charge in [0.1, 0.15) is 5.82 Å².